The first-order valence-electron chi connectivity index (χ1n) is 12.6. The van der Waals surface area contributed by atoms with Crippen LogP contribution in [0.15, 0.2) is 133 Å². The Morgan fingerprint density at radius 3 is 1.93 bits per heavy atom. The predicted octanol–water partition coefficient (Wildman–Crippen LogP) is 3.09. The topological polar surface area (TPSA) is 104 Å². The smallest absolute Gasteiger partial charge is 0.209 e. The van der Waals surface area contributed by atoms with Crippen LogP contribution in [0.5, 0.6) is 0 Å². The van der Waals surface area contributed by atoms with Crippen molar-refractivity contribution in [3.63, 3.8) is 0 Å². The first-order valence-corrected chi connectivity index (χ1v) is 13.9. The number of halogens is 1. The van der Waals surface area contributed by atoms with E-state index >= 15 is 0 Å². The van der Waals surface area contributed by atoms with Crippen molar-refractivity contribution in [3.8, 4) is 0 Å². The third-order valence-electron chi connectivity index (χ3n) is 6.65. The molecule has 0 atom stereocenters. The lowest BCUT2D eigenvalue weighted by Crippen LogP contribution is -2.68. The number of para-hydroxylation sites is 1. The van der Waals surface area contributed by atoms with Crippen molar-refractivity contribution in [1.29, 1.82) is 0 Å². The molecular weight excluding hydrogens is 526 g/mol. The molecule has 7 heteroatoms. The van der Waals surface area contributed by atoms with Crippen molar-refractivity contribution in [2.45, 2.75) is 19.3 Å². The summed E-state index contributed by atoms with van der Waals surface area (Å²) in [4.78, 5) is 0. The van der Waals surface area contributed by atoms with E-state index in [9.17, 15) is 0 Å². The third-order valence-corrected chi connectivity index (χ3v) is 6.65. The highest BCUT2D eigenvalue weighted by Crippen LogP contribution is 2.39. The van der Waals surface area contributed by atoms with Crippen molar-refractivity contribution < 1.29 is 38.2 Å². The normalized spacial score (nSPS) is 17.3. The highest BCUT2D eigenvalue weighted by molar-refractivity contribution is 6.03. The van der Waals surface area contributed by atoms with E-state index in [2.05, 4.69) is 117 Å². The number of rotatable bonds is 5. The van der Waals surface area contributed by atoms with E-state index in [4.69, 9.17) is 23.4 Å². The Balaban J connectivity index is 0.000000681. The Hall–Kier alpha value is -4.04. The molecule has 0 aliphatic carbocycles. The summed E-state index contributed by atoms with van der Waals surface area (Å²) >= 11 is 0. The van der Waals surface area contributed by atoms with Crippen LogP contribution in [-0.2, 0) is 10.2 Å². The molecule has 2 heterocycles. The first kappa shape index (κ1) is 29.0. The fourth-order valence-corrected chi connectivity index (χ4v) is 4.81. The molecule has 0 radical (unpaired) electrons. The van der Waals surface area contributed by atoms with Crippen molar-refractivity contribution in [1.82, 2.24) is 0 Å². The molecule has 0 amide bonds. The third kappa shape index (κ3) is 7.33. The molecule has 0 saturated carbocycles. The zero-order chi connectivity index (χ0) is 28.8. The van der Waals surface area contributed by atoms with Gasteiger partial charge in [-0.25, -0.2) is 18.6 Å². The lowest BCUT2D eigenvalue weighted by molar-refractivity contribution is -2.00. The van der Waals surface area contributed by atoms with Gasteiger partial charge in [0.2, 0.25) is 5.69 Å². The molecule has 0 aromatic heterocycles. The van der Waals surface area contributed by atoms with E-state index in [-0.39, 0.29) is 5.41 Å². The van der Waals surface area contributed by atoms with Crippen LogP contribution in [0, 0.1) is 10.2 Å². The van der Waals surface area contributed by atoms with Crippen molar-refractivity contribution >= 4 is 22.7 Å². The van der Waals surface area contributed by atoms with E-state index in [1.165, 1.54) is 22.5 Å². The minimum absolute atomic E-state index is 0.0245. The standard InChI is InChI=1S/C33H30NO.ClHO4/c1-33(2)29-20-13-14-21-30(29)34(3)32(33)22-12-6-11-19-28-23-27(25-15-7-4-8-16-25)24-31(35-28)26-17-9-5-10-18-26;2-1(3,4)5/h4-24H,1-3H3;(H,2,3,4,5)/q+1;/p-1/b11-6+,22-12+,28-19-;. The highest BCUT2D eigenvalue weighted by Gasteiger charge is 2.42. The average molecular weight is 556 g/mol. The summed E-state index contributed by atoms with van der Waals surface area (Å²) in [5.41, 5.74) is 7.26. The molecule has 40 heavy (non-hydrogen) atoms. The monoisotopic (exact) mass is 555 g/mol. The summed E-state index contributed by atoms with van der Waals surface area (Å²) in [5, 5.41) is 0. The fourth-order valence-electron chi connectivity index (χ4n) is 4.81. The molecule has 3 aromatic carbocycles. The Morgan fingerprint density at radius 2 is 1.30 bits per heavy atom. The number of fused-ring (bicyclic) bond motifs is 1. The lowest BCUT2D eigenvalue weighted by Gasteiger charge is -2.18. The summed E-state index contributed by atoms with van der Waals surface area (Å²) in [6.07, 6.45) is 14.6. The van der Waals surface area contributed by atoms with Crippen LogP contribution < -0.4 is 18.6 Å². The average Bonchev–Trinajstić information content (AvgIpc) is 3.13. The predicted molar refractivity (Wildman–Crippen MR) is 147 cm³/mol. The Labute approximate surface area is 236 Å². The first-order chi connectivity index (χ1) is 19.0. The van der Waals surface area contributed by atoms with Crippen LogP contribution in [0.2, 0.25) is 0 Å². The van der Waals surface area contributed by atoms with E-state index in [0.29, 0.717) is 0 Å². The number of allylic oxidation sites excluding steroid dienone is 8. The summed E-state index contributed by atoms with van der Waals surface area (Å²) in [6.45, 7) is 4.56. The van der Waals surface area contributed by atoms with Gasteiger partial charge in [-0.1, -0.05) is 97.1 Å². The zero-order valence-electron chi connectivity index (χ0n) is 22.5. The summed E-state index contributed by atoms with van der Waals surface area (Å²) in [6, 6.07) is 29.3. The molecule has 5 rings (SSSR count). The maximum atomic E-state index is 8.49. The van der Waals surface area contributed by atoms with E-state index < -0.39 is 10.2 Å². The Morgan fingerprint density at radius 1 is 0.725 bits per heavy atom. The Bertz CT molecular complexity index is 1520. The molecule has 0 unspecified atom stereocenters. The van der Waals surface area contributed by atoms with E-state index in [1.807, 2.05) is 36.4 Å². The van der Waals surface area contributed by atoms with Gasteiger partial charge in [0.15, 0.2) is 5.71 Å². The molecule has 0 saturated heterocycles. The van der Waals surface area contributed by atoms with Gasteiger partial charge in [-0.3, -0.25) is 0 Å². The second-order valence-corrected chi connectivity index (χ2v) is 10.5. The highest BCUT2D eigenvalue weighted by atomic mass is 35.7. The number of nitrogens with zero attached hydrogens (tertiary/aromatic N) is 1. The minimum Gasteiger partial charge on any atom is -0.457 e. The van der Waals surface area contributed by atoms with Crippen LogP contribution in [0.4, 0.5) is 5.69 Å². The van der Waals surface area contributed by atoms with Crippen LogP contribution in [0.3, 0.4) is 0 Å². The van der Waals surface area contributed by atoms with Gasteiger partial charge >= 0.3 is 0 Å². The molecule has 0 N–H and O–H groups in total. The zero-order valence-corrected chi connectivity index (χ0v) is 23.2. The molecule has 0 fully saturated rings. The van der Waals surface area contributed by atoms with Gasteiger partial charge in [0.25, 0.3) is 0 Å². The van der Waals surface area contributed by atoms with Crippen LogP contribution in [0.25, 0.3) is 11.3 Å². The van der Waals surface area contributed by atoms with Crippen LogP contribution in [-0.4, -0.2) is 17.3 Å². The van der Waals surface area contributed by atoms with Crippen molar-refractivity contribution in [2.24, 2.45) is 0 Å². The molecule has 2 aliphatic rings. The van der Waals surface area contributed by atoms with E-state index in [1.54, 1.807) is 0 Å². The number of ether oxygens (including phenoxy) is 1. The summed E-state index contributed by atoms with van der Waals surface area (Å²) in [5.74, 6) is 1.66. The SMILES string of the molecule is C[N+]1=C(/C=C/C=C/C=C2/C=C(c3ccccc3)C=C(c3ccccc3)O2)C(C)(C)c2ccccc21.[O-][Cl+3]([O-])([O-])[O-]. The molecular formula is C33H30ClNO5. The van der Waals surface area contributed by atoms with E-state index in [0.717, 1.165) is 22.7 Å². The summed E-state index contributed by atoms with van der Waals surface area (Å²) in [7, 11) is -2.80. The largest absolute Gasteiger partial charge is 0.457 e. The van der Waals surface area contributed by atoms with Gasteiger partial charge in [-0.05, 0) is 43.2 Å². The molecule has 3 aromatic rings. The second-order valence-electron chi connectivity index (χ2n) is 9.72. The molecule has 0 bridgehead atoms. The van der Waals surface area contributed by atoms with Gasteiger partial charge in [0, 0.05) is 23.3 Å². The molecule has 2 aliphatic heterocycles. The molecule has 6 nitrogen and oxygen atoms in total. The Kier molecular flexibility index (Phi) is 9.00. The number of benzene rings is 3. The lowest BCUT2D eigenvalue weighted by atomic mass is 9.81. The van der Waals surface area contributed by atoms with Gasteiger partial charge < -0.3 is 4.74 Å². The van der Waals surface area contributed by atoms with Gasteiger partial charge in [0.05, 0.1) is 5.41 Å². The number of hydrogen-bond donors (Lipinski definition) is 0. The quantitative estimate of drug-likeness (QED) is 0.355. The second kappa shape index (κ2) is 12.4. The van der Waals surface area contributed by atoms with Gasteiger partial charge in [-0.2, -0.15) is 4.58 Å². The van der Waals surface area contributed by atoms with Crippen LogP contribution >= 0.6 is 0 Å². The van der Waals surface area contributed by atoms with Gasteiger partial charge in [-0.15, -0.1) is 10.2 Å². The minimum atomic E-state index is -4.94. The molecule has 0 spiro atoms. The maximum Gasteiger partial charge on any atom is 0.209 e. The number of hydrogen-bond acceptors (Lipinski definition) is 5. The van der Waals surface area contributed by atoms with Crippen molar-refractivity contribution in [3.05, 3.63) is 150 Å². The summed E-state index contributed by atoms with van der Waals surface area (Å²) < 4.78 is 42.5. The maximum absolute atomic E-state index is 8.49. The van der Waals surface area contributed by atoms with Crippen molar-refractivity contribution in [2.75, 3.05) is 7.05 Å². The fraction of sp³-hybridized carbons (Fsp3) is 0.121. The van der Waals surface area contributed by atoms with Gasteiger partial charge in [0.1, 0.15) is 18.6 Å². The van der Waals surface area contributed by atoms with Crippen LogP contribution in [0.1, 0.15) is 30.5 Å². The molecule has 204 valence electrons.